The summed E-state index contributed by atoms with van der Waals surface area (Å²) in [4.78, 5) is 29.1. The number of carbonyl (C=O) groups excluding carboxylic acids is 2. The zero-order valence-corrected chi connectivity index (χ0v) is 16.6. The third kappa shape index (κ3) is 4.42. The molecule has 0 radical (unpaired) electrons. The minimum atomic E-state index is -4.46. The molecule has 0 bridgehead atoms. The van der Waals surface area contributed by atoms with Crippen molar-refractivity contribution >= 4 is 22.8 Å². The molecule has 7 nitrogen and oxygen atoms in total. The fourth-order valence-corrected chi connectivity index (χ4v) is 3.11. The van der Waals surface area contributed by atoms with Gasteiger partial charge in [-0.3, -0.25) is 14.3 Å². The Morgan fingerprint density at radius 1 is 1.03 bits per heavy atom. The molecule has 158 valence electrons. The van der Waals surface area contributed by atoms with Crippen LogP contribution in [0.15, 0.2) is 30.3 Å². The van der Waals surface area contributed by atoms with Crippen molar-refractivity contribution in [2.45, 2.75) is 20.0 Å². The van der Waals surface area contributed by atoms with Gasteiger partial charge < -0.3 is 10.6 Å². The first-order chi connectivity index (χ1) is 14.1. The molecule has 2 N–H and O–H groups in total. The first-order valence-corrected chi connectivity index (χ1v) is 9.12. The van der Waals surface area contributed by atoms with E-state index in [0.29, 0.717) is 28.0 Å². The molecule has 3 aromatic rings. The van der Waals surface area contributed by atoms with E-state index in [0.717, 1.165) is 24.3 Å². The molecule has 2 heterocycles. The Labute approximate surface area is 170 Å². The van der Waals surface area contributed by atoms with E-state index in [1.807, 2.05) is 0 Å². The maximum absolute atomic E-state index is 12.6. The molecule has 30 heavy (non-hydrogen) atoms. The van der Waals surface area contributed by atoms with E-state index < -0.39 is 17.6 Å². The highest BCUT2D eigenvalue weighted by atomic mass is 19.4. The van der Waals surface area contributed by atoms with Gasteiger partial charge in [-0.1, -0.05) is 0 Å². The SMILES string of the molecule is Cc1cc(C(=O)NCCNC(=O)c2ccc(C(F)(F)F)cc2)c2c(C)nn(C)c2n1. The van der Waals surface area contributed by atoms with Gasteiger partial charge in [0.05, 0.1) is 22.2 Å². The first-order valence-electron chi connectivity index (χ1n) is 9.12. The maximum atomic E-state index is 12.6. The van der Waals surface area contributed by atoms with E-state index in [1.54, 1.807) is 31.6 Å². The molecule has 0 aliphatic rings. The van der Waals surface area contributed by atoms with Crippen molar-refractivity contribution in [1.82, 2.24) is 25.4 Å². The lowest BCUT2D eigenvalue weighted by molar-refractivity contribution is -0.137. The van der Waals surface area contributed by atoms with E-state index in [2.05, 4.69) is 20.7 Å². The molecule has 1 aromatic carbocycles. The monoisotopic (exact) mass is 419 g/mol. The van der Waals surface area contributed by atoms with Crippen LogP contribution < -0.4 is 10.6 Å². The number of halogens is 3. The van der Waals surface area contributed by atoms with Crippen LogP contribution in [0.4, 0.5) is 13.2 Å². The zero-order chi connectivity index (χ0) is 22.1. The smallest absolute Gasteiger partial charge is 0.350 e. The van der Waals surface area contributed by atoms with E-state index >= 15 is 0 Å². The summed E-state index contributed by atoms with van der Waals surface area (Å²) in [7, 11) is 1.75. The number of hydrogen-bond acceptors (Lipinski definition) is 4. The Bertz CT molecular complexity index is 1100. The van der Waals surface area contributed by atoms with E-state index in [1.165, 1.54) is 0 Å². The number of hydrogen-bond donors (Lipinski definition) is 2. The lowest BCUT2D eigenvalue weighted by atomic mass is 10.1. The highest BCUT2D eigenvalue weighted by molar-refractivity contribution is 6.06. The predicted molar refractivity (Wildman–Crippen MR) is 104 cm³/mol. The van der Waals surface area contributed by atoms with Gasteiger partial charge in [0, 0.05) is 31.4 Å². The van der Waals surface area contributed by atoms with Gasteiger partial charge in [0.25, 0.3) is 11.8 Å². The third-order valence-electron chi connectivity index (χ3n) is 4.51. The van der Waals surface area contributed by atoms with Crippen LogP contribution in [-0.2, 0) is 13.2 Å². The summed E-state index contributed by atoms with van der Waals surface area (Å²) >= 11 is 0. The Morgan fingerprint density at radius 2 is 1.63 bits per heavy atom. The Balaban J connectivity index is 1.59. The van der Waals surface area contributed by atoms with Gasteiger partial charge >= 0.3 is 6.18 Å². The van der Waals surface area contributed by atoms with Crippen LogP contribution >= 0.6 is 0 Å². The Morgan fingerprint density at radius 3 is 2.23 bits per heavy atom. The molecule has 0 saturated heterocycles. The number of carbonyl (C=O) groups is 2. The van der Waals surface area contributed by atoms with Gasteiger partial charge in [0.15, 0.2) is 5.65 Å². The average Bonchev–Trinajstić information content (AvgIpc) is 2.97. The number of nitrogens with one attached hydrogen (secondary N) is 2. The van der Waals surface area contributed by atoms with E-state index in [9.17, 15) is 22.8 Å². The standard InChI is InChI=1S/C20H20F3N5O2/c1-11-10-15(16-12(2)27-28(3)17(16)26-11)19(30)25-9-8-24-18(29)13-4-6-14(7-5-13)20(21,22)23/h4-7,10H,8-9H2,1-3H3,(H,24,29)(H,25,30). The van der Waals surface area contributed by atoms with Gasteiger partial charge in [0.2, 0.25) is 0 Å². The van der Waals surface area contributed by atoms with Crippen LogP contribution in [0.1, 0.15) is 37.7 Å². The number of amides is 2. The minimum absolute atomic E-state index is 0.103. The molecule has 0 spiro atoms. The molecule has 0 atom stereocenters. The van der Waals surface area contributed by atoms with Gasteiger partial charge in [-0.15, -0.1) is 0 Å². The molecule has 0 aliphatic heterocycles. The van der Waals surface area contributed by atoms with Crippen molar-refractivity contribution in [2.75, 3.05) is 13.1 Å². The molecule has 0 aliphatic carbocycles. The topological polar surface area (TPSA) is 88.9 Å². The zero-order valence-electron chi connectivity index (χ0n) is 16.6. The van der Waals surface area contributed by atoms with Crippen LogP contribution in [0.5, 0.6) is 0 Å². The quantitative estimate of drug-likeness (QED) is 0.623. The molecular weight excluding hydrogens is 399 g/mol. The number of aromatic nitrogens is 3. The number of rotatable bonds is 5. The van der Waals surface area contributed by atoms with Crippen LogP contribution in [0.2, 0.25) is 0 Å². The van der Waals surface area contributed by atoms with E-state index in [-0.39, 0.29) is 24.6 Å². The molecule has 10 heteroatoms. The molecule has 2 amide bonds. The van der Waals surface area contributed by atoms with Crippen molar-refractivity contribution in [3.63, 3.8) is 0 Å². The summed E-state index contributed by atoms with van der Waals surface area (Å²) in [6, 6.07) is 5.60. The van der Waals surface area contributed by atoms with Crippen LogP contribution in [0.3, 0.4) is 0 Å². The summed E-state index contributed by atoms with van der Waals surface area (Å²) in [6.07, 6.45) is -4.46. The first kappa shape index (κ1) is 21.3. The van der Waals surface area contributed by atoms with Crippen molar-refractivity contribution < 1.29 is 22.8 Å². The number of fused-ring (bicyclic) bond motifs is 1. The number of alkyl halides is 3. The lowest BCUT2D eigenvalue weighted by Crippen LogP contribution is -2.34. The molecule has 0 saturated carbocycles. The number of pyridine rings is 1. The second-order valence-electron chi connectivity index (χ2n) is 6.81. The Hall–Kier alpha value is -3.43. The summed E-state index contributed by atoms with van der Waals surface area (Å²) in [5, 5.41) is 10.2. The van der Waals surface area contributed by atoms with Gasteiger partial charge in [-0.2, -0.15) is 18.3 Å². The van der Waals surface area contributed by atoms with Crippen LogP contribution in [0.25, 0.3) is 11.0 Å². The number of nitrogens with zero attached hydrogens (tertiary/aromatic N) is 3. The second kappa shape index (κ2) is 8.13. The molecule has 0 fully saturated rings. The fourth-order valence-electron chi connectivity index (χ4n) is 3.11. The summed E-state index contributed by atoms with van der Waals surface area (Å²) in [5.41, 5.74) is 1.68. The van der Waals surface area contributed by atoms with Crippen molar-refractivity contribution in [3.8, 4) is 0 Å². The van der Waals surface area contributed by atoms with E-state index in [4.69, 9.17) is 0 Å². The summed E-state index contributed by atoms with van der Waals surface area (Å²) in [5.74, 6) is -0.853. The number of benzene rings is 1. The minimum Gasteiger partial charge on any atom is -0.350 e. The van der Waals surface area contributed by atoms with Gasteiger partial charge in [-0.05, 0) is 44.2 Å². The molecule has 2 aromatic heterocycles. The van der Waals surface area contributed by atoms with Gasteiger partial charge in [0.1, 0.15) is 0 Å². The lowest BCUT2D eigenvalue weighted by Gasteiger charge is -2.10. The predicted octanol–water partition coefficient (Wildman–Crippen LogP) is 2.76. The highest BCUT2D eigenvalue weighted by Gasteiger charge is 2.30. The largest absolute Gasteiger partial charge is 0.416 e. The molecule has 0 unspecified atom stereocenters. The van der Waals surface area contributed by atoms with Crippen molar-refractivity contribution in [3.05, 3.63) is 58.4 Å². The summed E-state index contributed by atoms with van der Waals surface area (Å²) < 4.78 is 39.4. The molecule has 3 rings (SSSR count). The number of aryl methyl sites for hydroxylation is 3. The second-order valence-corrected chi connectivity index (χ2v) is 6.81. The molecular formula is C20H20F3N5O2. The fraction of sp³-hybridized carbons (Fsp3) is 0.300. The Kier molecular flexibility index (Phi) is 5.77. The third-order valence-corrected chi connectivity index (χ3v) is 4.51. The van der Waals surface area contributed by atoms with Crippen LogP contribution in [-0.4, -0.2) is 39.7 Å². The van der Waals surface area contributed by atoms with Crippen LogP contribution in [0, 0.1) is 13.8 Å². The van der Waals surface area contributed by atoms with Crippen molar-refractivity contribution in [1.29, 1.82) is 0 Å². The highest BCUT2D eigenvalue weighted by Crippen LogP contribution is 2.29. The maximum Gasteiger partial charge on any atom is 0.416 e. The normalized spacial score (nSPS) is 11.5. The van der Waals surface area contributed by atoms with Gasteiger partial charge in [-0.25, -0.2) is 4.98 Å². The average molecular weight is 419 g/mol. The van der Waals surface area contributed by atoms with Crippen molar-refractivity contribution in [2.24, 2.45) is 7.05 Å². The summed E-state index contributed by atoms with van der Waals surface area (Å²) in [6.45, 7) is 3.83.